The maximum Gasteiger partial charge on any atom is 0.356 e. The van der Waals surface area contributed by atoms with Crippen LogP contribution in [0.1, 0.15) is 10.5 Å². The summed E-state index contributed by atoms with van der Waals surface area (Å²) in [5, 5.41) is 3.57. The van der Waals surface area contributed by atoms with Crippen molar-refractivity contribution in [2.24, 2.45) is 0 Å². The quantitative estimate of drug-likeness (QED) is 0.574. The first-order chi connectivity index (χ1) is 15.5. The highest BCUT2D eigenvalue weighted by Crippen LogP contribution is 2.31. The summed E-state index contributed by atoms with van der Waals surface area (Å²) < 4.78 is 23.2. The number of methoxy groups -OCH3 is 2. The number of benzene rings is 2. The average Bonchev–Trinajstić information content (AvgIpc) is 3.17. The molecule has 168 valence electrons. The van der Waals surface area contributed by atoms with Crippen molar-refractivity contribution in [2.45, 2.75) is 0 Å². The number of hydrogen-bond donors (Lipinski definition) is 2. The number of anilines is 2. The zero-order chi connectivity index (χ0) is 22.7. The lowest BCUT2D eigenvalue weighted by molar-refractivity contribution is -0.117. The van der Waals surface area contributed by atoms with Gasteiger partial charge in [-0.3, -0.25) is 9.69 Å². The number of carbonyl (C=O) groups excluding carboxylic acids is 2. The molecule has 9 heteroatoms. The highest BCUT2D eigenvalue weighted by molar-refractivity contribution is 6.11. The van der Waals surface area contributed by atoms with Crippen molar-refractivity contribution in [3.05, 3.63) is 54.0 Å². The minimum atomic E-state index is -0.566. The largest absolute Gasteiger partial charge is 0.497 e. The average molecular weight is 440 g/mol. The van der Waals surface area contributed by atoms with E-state index in [1.165, 1.54) is 19.2 Å². The van der Waals surface area contributed by atoms with Crippen LogP contribution in [0, 0.1) is 5.82 Å². The first-order valence-corrected chi connectivity index (χ1v) is 10.3. The van der Waals surface area contributed by atoms with Gasteiger partial charge in [0.25, 0.3) is 0 Å². The normalized spacial score (nSPS) is 14.4. The molecule has 8 nitrogen and oxygen atoms in total. The second-order valence-corrected chi connectivity index (χ2v) is 7.57. The Morgan fingerprint density at radius 3 is 2.44 bits per heavy atom. The number of esters is 1. The lowest BCUT2D eigenvalue weighted by Gasteiger charge is -2.35. The number of carbonyl (C=O) groups is 2. The summed E-state index contributed by atoms with van der Waals surface area (Å²) in [7, 11) is 2.85. The standard InChI is InChI=1S/C23H25FN4O4/c1-31-17-7-8-18-19(13-17)25-22(23(30)32-2)21(18)26-20(29)14-27-9-11-28(12-10-27)16-5-3-15(24)4-6-16/h3-8,13,25H,9-12,14H2,1-2H3,(H,26,29). The summed E-state index contributed by atoms with van der Waals surface area (Å²) in [6.45, 7) is 3.05. The molecule has 1 fully saturated rings. The molecule has 2 aromatic carbocycles. The highest BCUT2D eigenvalue weighted by Gasteiger charge is 2.23. The van der Waals surface area contributed by atoms with Crippen LogP contribution < -0.4 is 15.0 Å². The van der Waals surface area contributed by atoms with Crippen molar-refractivity contribution in [3.63, 3.8) is 0 Å². The number of halogens is 1. The van der Waals surface area contributed by atoms with Crippen molar-refractivity contribution >= 4 is 34.2 Å². The number of fused-ring (bicyclic) bond motifs is 1. The lowest BCUT2D eigenvalue weighted by atomic mass is 10.2. The Morgan fingerprint density at radius 1 is 1.06 bits per heavy atom. The third kappa shape index (κ3) is 4.52. The maximum atomic E-state index is 13.1. The molecule has 1 saturated heterocycles. The Labute approximate surface area is 184 Å². The summed E-state index contributed by atoms with van der Waals surface area (Å²) in [4.78, 5) is 32.3. The van der Waals surface area contributed by atoms with Crippen molar-refractivity contribution in [2.75, 3.05) is 57.2 Å². The van der Waals surface area contributed by atoms with Gasteiger partial charge in [0, 0.05) is 43.3 Å². The van der Waals surface area contributed by atoms with E-state index in [9.17, 15) is 14.0 Å². The van der Waals surface area contributed by atoms with Crippen LogP contribution in [0.2, 0.25) is 0 Å². The van der Waals surface area contributed by atoms with Gasteiger partial charge in [0.2, 0.25) is 5.91 Å². The van der Waals surface area contributed by atoms with Crippen molar-refractivity contribution < 1.29 is 23.5 Å². The molecule has 1 aromatic heterocycles. The van der Waals surface area contributed by atoms with E-state index in [1.54, 1.807) is 37.4 Å². The fourth-order valence-corrected chi connectivity index (χ4v) is 3.89. The Kier molecular flexibility index (Phi) is 6.27. The molecule has 2 heterocycles. The second-order valence-electron chi connectivity index (χ2n) is 7.57. The van der Waals surface area contributed by atoms with Gasteiger partial charge in [-0.15, -0.1) is 0 Å². The third-order valence-electron chi connectivity index (χ3n) is 5.59. The molecule has 0 radical (unpaired) electrons. The number of aromatic amines is 1. The number of piperazine rings is 1. The number of nitrogens with one attached hydrogen (secondary N) is 2. The number of H-pyrrole nitrogens is 1. The molecule has 1 amide bonds. The van der Waals surface area contributed by atoms with Crippen molar-refractivity contribution in [1.29, 1.82) is 0 Å². The van der Waals surface area contributed by atoms with Gasteiger partial charge >= 0.3 is 5.97 Å². The Bertz CT molecular complexity index is 1120. The number of rotatable bonds is 6. The summed E-state index contributed by atoms with van der Waals surface area (Å²) in [5.41, 5.74) is 2.20. The Morgan fingerprint density at radius 2 is 1.78 bits per heavy atom. The minimum absolute atomic E-state index is 0.185. The van der Waals surface area contributed by atoms with Gasteiger partial charge in [-0.25, -0.2) is 9.18 Å². The molecular formula is C23H25FN4O4. The molecule has 0 aliphatic carbocycles. The lowest BCUT2D eigenvalue weighted by Crippen LogP contribution is -2.48. The highest BCUT2D eigenvalue weighted by atomic mass is 19.1. The molecule has 32 heavy (non-hydrogen) atoms. The van der Waals surface area contributed by atoms with E-state index in [1.807, 2.05) is 4.90 Å². The van der Waals surface area contributed by atoms with Crippen molar-refractivity contribution in [1.82, 2.24) is 9.88 Å². The molecule has 2 N–H and O–H groups in total. The van der Waals surface area contributed by atoms with E-state index in [0.29, 0.717) is 35.4 Å². The van der Waals surface area contributed by atoms with Crippen LogP contribution in [0.4, 0.5) is 15.8 Å². The van der Waals surface area contributed by atoms with Crippen molar-refractivity contribution in [3.8, 4) is 5.75 Å². The zero-order valence-corrected chi connectivity index (χ0v) is 18.0. The number of ether oxygens (including phenoxy) is 2. The first-order valence-electron chi connectivity index (χ1n) is 10.3. The number of nitrogens with zero attached hydrogens (tertiary/aromatic N) is 2. The van der Waals surface area contributed by atoms with Gasteiger partial charge in [0.1, 0.15) is 17.3 Å². The monoisotopic (exact) mass is 440 g/mol. The Balaban J connectivity index is 1.43. The van der Waals surface area contributed by atoms with Crippen LogP contribution in [-0.4, -0.2) is 68.7 Å². The molecule has 1 aliphatic rings. The molecule has 4 rings (SSSR count). The molecule has 3 aromatic rings. The van der Waals surface area contributed by atoms with Gasteiger partial charge in [-0.2, -0.15) is 0 Å². The predicted molar refractivity (Wildman–Crippen MR) is 120 cm³/mol. The smallest absolute Gasteiger partial charge is 0.356 e. The third-order valence-corrected chi connectivity index (χ3v) is 5.59. The fraction of sp³-hybridized carbons (Fsp3) is 0.304. The van der Waals surface area contributed by atoms with E-state index in [0.717, 1.165) is 18.8 Å². The second kappa shape index (κ2) is 9.27. The molecule has 0 spiro atoms. The fourth-order valence-electron chi connectivity index (χ4n) is 3.89. The predicted octanol–water partition coefficient (Wildman–Crippen LogP) is 2.86. The summed E-state index contributed by atoms with van der Waals surface area (Å²) >= 11 is 0. The molecular weight excluding hydrogens is 415 g/mol. The molecule has 1 aliphatic heterocycles. The van der Waals surface area contributed by atoms with Gasteiger partial charge in [-0.1, -0.05) is 0 Å². The molecule has 0 unspecified atom stereocenters. The van der Waals surface area contributed by atoms with E-state index in [2.05, 4.69) is 15.2 Å². The van der Waals surface area contributed by atoms with Crippen LogP contribution in [0.3, 0.4) is 0 Å². The zero-order valence-electron chi connectivity index (χ0n) is 18.0. The number of hydrogen-bond acceptors (Lipinski definition) is 6. The number of aromatic nitrogens is 1. The van der Waals surface area contributed by atoms with Crippen LogP contribution in [-0.2, 0) is 9.53 Å². The maximum absolute atomic E-state index is 13.1. The van der Waals surface area contributed by atoms with Crippen LogP contribution in [0.15, 0.2) is 42.5 Å². The molecule has 0 saturated carbocycles. The van der Waals surface area contributed by atoms with Crippen LogP contribution in [0.25, 0.3) is 10.9 Å². The van der Waals surface area contributed by atoms with E-state index < -0.39 is 5.97 Å². The van der Waals surface area contributed by atoms with E-state index >= 15 is 0 Å². The van der Waals surface area contributed by atoms with Gasteiger partial charge in [0.05, 0.1) is 32.0 Å². The van der Waals surface area contributed by atoms with Crippen LogP contribution >= 0.6 is 0 Å². The number of amides is 1. The van der Waals surface area contributed by atoms with Gasteiger partial charge in [0.15, 0.2) is 0 Å². The van der Waals surface area contributed by atoms with E-state index in [4.69, 9.17) is 9.47 Å². The van der Waals surface area contributed by atoms with Crippen LogP contribution in [0.5, 0.6) is 5.75 Å². The van der Waals surface area contributed by atoms with Gasteiger partial charge < -0.3 is 24.7 Å². The molecule has 0 atom stereocenters. The Hall–Kier alpha value is -3.59. The van der Waals surface area contributed by atoms with Gasteiger partial charge in [-0.05, 0) is 36.4 Å². The first kappa shape index (κ1) is 21.6. The summed E-state index contributed by atoms with van der Waals surface area (Å²) in [5.74, 6) is -0.413. The van der Waals surface area contributed by atoms with E-state index in [-0.39, 0.29) is 24.0 Å². The summed E-state index contributed by atoms with van der Waals surface area (Å²) in [6.07, 6.45) is 0. The summed E-state index contributed by atoms with van der Waals surface area (Å²) in [6, 6.07) is 11.7. The minimum Gasteiger partial charge on any atom is -0.497 e. The molecule has 0 bridgehead atoms. The SMILES string of the molecule is COC(=O)c1[nH]c2cc(OC)ccc2c1NC(=O)CN1CCN(c2ccc(F)cc2)CC1. The topological polar surface area (TPSA) is 86.9 Å².